The molecule has 0 aliphatic heterocycles. The molecule has 12 rings (SSSR count). The topological polar surface area (TPSA) is 6.48 Å². The highest BCUT2D eigenvalue weighted by Gasteiger charge is 2.19. The van der Waals surface area contributed by atoms with Crippen LogP contribution in [0.3, 0.4) is 0 Å². The molecule has 0 unspecified atom stereocenters. The summed E-state index contributed by atoms with van der Waals surface area (Å²) in [5.41, 5.74) is 13.9. The van der Waals surface area contributed by atoms with Crippen molar-refractivity contribution in [1.29, 1.82) is 0 Å². The normalized spacial score (nSPS) is 11.5. The Kier molecular flexibility index (Phi) is 10.6. The van der Waals surface area contributed by atoms with Gasteiger partial charge < -0.3 is 9.80 Å². The second-order valence-corrected chi connectivity index (χ2v) is 17.4. The molecule has 320 valence electrons. The van der Waals surface area contributed by atoms with E-state index < -0.39 is 0 Å². The van der Waals surface area contributed by atoms with E-state index >= 15 is 0 Å². The third kappa shape index (κ3) is 7.95. The third-order valence-electron chi connectivity index (χ3n) is 13.2. The summed E-state index contributed by atoms with van der Waals surface area (Å²) < 4.78 is 0. The van der Waals surface area contributed by atoms with Crippen molar-refractivity contribution in [3.05, 3.63) is 278 Å². The highest BCUT2D eigenvalue weighted by molar-refractivity contribution is 6.07. The molecule has 0 aliphatic carbocycles. The van der Waals surface area contributed by atoms with Crippen LogP contribution < -0.4 is 9.80 Å². The first-order chi connectivity index (χ1) is 33.7. The van der Waals surface area contributed by atoms with Crippen molar-refractivity contribution in [3.63, 3.8) is 0 Å². The predicted octanol–water partition coefficient (Wildman–Crippen LogP) is 18.7. The Hall–Kier alpha value is -8.98. The average Bonchev–Trinajstić information content (AvgIpc) is 3.41. The van der Waals surface area contributed by atoms with Gasteiger partial charge in [-0.2, -0.15) is 0 Å². The van der Waals surface area contributed by atoms with E-state index in [9.17, 15) is 0 Å². The number of anilines is 6. The van der Waals surface area contributed by atoms with Gasteiger partial charge in [-0.25, -0.2) is 0 Å². The van der Waals surface area contributed by atoms with E-state index in [1.54, 1.807) is 0 Å². The summed E-state index contributed by atoms with van der Waals surface area (Å²) in [5.74, 6) is 0. The van der Waals surface area contributed by atoms with Crippen LogP contribution in [-0.4, -0.2) is 0 Å². The molecule has 0 saturated carbocycles. The molecule has 12 aromatic carbocycles. The Balaban J connectivity index is 0.795. The second-order valence-electron chi connectivity index (χ2n) is 17.4. The maximum atomic E-state index is 2.41. The van der Waals surface area contributed by atoms with Crippen molar-refractivity contribution in [1.82, 2.24) is 0 Å². The first kappa shape index (κ1) is 40.5. The van der Waals surface area contributed by atoms with E-state index in [0.29, 0.717) is 0 Å². The van der Waals surface area contributed by atoms with Gasteiger partial charge >= 0.3 is 0 Å². The summed E-state index contributed by atoms with van der Waals surface area (Å²) >= 11 is 0. The Labute approximate surface area is 397 Å². The van der Waals surface area contributed by atoms with Crippen LogP contribution in [0.4, 0.5) is 34.1 Å². The summed E-state index contributed by atoms with van der Waals surface area (Å²) in [6.45, 7) is 0. The fourth-order valence-electron chi connectivity index (χ4n) is 9.69. The lowest BCUT2D eigenvalue weighted by Gasteiger charge is -2.28. The largest absolute Gasteiger partial charge is 0.310 e. The smallest absolute Gasteiger partial charge is 0.0540 e. The van der Waals surface area contributed by atoms with Gasteiger partial charge in [0.05, 0.1) is 5.69 Å². The summed E-state index contributed by atoms with van der Waals surface area (Å²) in [6.07, 6.45) is 4.40. The van der Waals surface area contributed by atoms with Crippen LogP contribution >= 0.6 is 0 Å². The summed E-state index contributed by atoms with van der Waals surface area (Å²) in [4.78, 5) is 4.72. The third-order valence-corrected chi connectivity index (χ3v) is 13.2. The number of fused-ring (bicyclic) bond motifs is 4. The first-order valence-electron chi connectivity index (χ1n) is 23.3. The molecule has 0 N–H and O–H groups in total. The predicted molar refractivity (Wildman–Crippen MR) is 292 cm³/mol. The quantitative estimate of drug-likeness (QED) is 0.126. The van der Waals surface area contributed by atoms with E-state index in [4.69, 9.17) is 0 Å². The van der Waals surface area contributed by atoms with Crippen molar-refractivity contribution in [3.8, 4) is 22.3 Å². The molecule has 0 saturated heterocycles. The molecule has 0 bridgehead atoms. The Morgan fingerprint density at radius 2 is 0.647 bits per heavy atom. The molecule has 12 aromatic rings. The molecule has 0 radical (unpaired) electrons. The van der Waals surface area contributed by atoms with Crippen molar-refractivity contribution >= 4 is 89.4 Å². The van der Waals surface area contributed by atoms with Gasteiger partial charge in [-0.15, -0.1) is 0 Å². The van der Waals surface area contributed by atoms with Crippen LogP contribution in [0.5, 0.6) is 0 Å². The Morgan fingerprint density at radius 1 is 0.235 bits per heavy atom. The molecule has 2 heteroatoms. The van der Waals surface area contributed by atoms with E-state index in [2.05, 4.69) is 289 Å². The lowest BCUT2D eigenvalue weighted by atomic mass is 9.95. The van der Waals surface area contributed by atoms with E-state index in [1.807, 2.05) is 0 Å². The number of nitrogens with zero attached hydrogens (tertiary/aromatic N) is 2. The molecule has 0 aromatic heterocycles. The van der Waals surface area contributed by atoms with Crippen molar-refractivity contribution in [2.24, 2.45) is 0 Å². The molecule has 0 heterocycles. The van der Waals surface area contributed by atoms with Crippen LogP contribution in [0.25, 0.3) is 77.5 Å². The summed E-state index contributed by atoms with van der Waals surface area (Å²) in [5, 5.41) is 9.73. The molecule has 0 fully saturated rings. The standard InChI is InChI=1S/C66H46N2/c1-3-17-58(18-4-1)67(59-19-5-2-6-20-59)60-40-37-56-43-55(33-34-57(56)46-60)51-29-25-47(26-30-51)23-24-48-27-31-52(32-28-48)63-41-42-66(65-22-12-11-21-64(63)65)68(61-38-35-49-13-7-9-15-53(49)44-61)62-39-36-50-14-8-10-16-54(50)45-62/h1-46H. The van der Waals surface area contributed by atoms with Crippen molar-refractivity contribution in [2.45, 2.75) is 0 Å². The van der Waals surface area contributed by atoms with E-state index in [0.717, 1.165) is 45.3 Å². The highest BCUT2D eigenvalue weighted by atomic mass is 15.1. The van der Waals surface area contributed by atoms with Crippen molar-refractivity contribution < 1.29 is 0 Å². The van der Waals surface area contributed by atoms with Gasteiger partial charge in [-0.1, -0.05) is 206 Å². The van der Waals surface area contributed by atoms with Crippen LogP contribution in [0.15, 0.2) is 267 Å². The SMILES string of the molecule is C(=Cc1ccc(-c2ccc(N(c3ccc4ccccc4c3)c3ccc4ccccc4c3)c3ccccc23)cc1)c1ccc(-c2ccc3cc(N(c4ccccc4)c4ccccc4)ccc3c2)cc1. The van der Waals surface area contributed by atoms with Crippen LogP contribution in [0.2, 0.25) is 0 Å². The van der Waals surface area contributed by atoms with Crippen LogP contribution in [0.1, 0.15) is 11.1 Å². The lowest BCUT2D eigenvalue weighted by molar-refractivity contribution is 1.29. The summed E-state index contributed by atoms with van der Waals surface area (Å²) in [7, 11) is 0. The van der Waals surface area contributed by atoms with Gasteiger partial charge in [0.15, 0.2) is 0 Å². The van der Waals surface area contributed by atoms with Gasteiger partial charge in [0.1, 0.15) is 0 Å². The molecule has 2 nitrogen and oxygen atoms in total. The monoisotopic (exact) mass is 866 g/mol. The number of hydrogen-bond acceptors (Lipinski definition) is 2. The lowest BCUT2D eigenvalue weighted by Crippen LogP contribution is -2.10. The molecular formula is C66H46N2. The molecule has 0 spiro atoms. The zero-order valence-corrected chi connectivity index (χ0v) is 37.5. The Bertz CT molecular complexity index is 3660. The number of rotatable bonds is 10. The molecular weight excluding hydrogens is 821 g/mol. The van der Waals surface area contributed by atoms with Gasteiger partial charge in [0, 0.05) is 33.8 Å². The van der Waals surface area contributed by atoms with Crippen LogP contribution in [-0.2, 0) is 0 Å². The van der Waals surface area contributed by atoms with Gasteiger partial charge in [-0.05, 0) is 144 Å². The minimum absolute atomic E-state index is 1.13. The molecule has 0 aliphatic rings. The minimum atomic E-state index is 1.13. The maximum Gasteiger partial charge on any atom is 0.0540 e. The van der Waals surface area contributed by atoms with Gasteiger partial charge in [0.25, 0.3) is 0 Å². The maximum absolute atomic E-state index is 2.41. The molecule has 0 amide bonds. The zero-order valence-electron chi connectivity index (χ0n) is 37.5. The first-order valence-corrected chi connectivity index (χ1v) is 23.3. The Morgan fingerprint density at radius 3 is 1.22 bits per heavy atom. The number of benzene rings is 12. The fraction of sp³-hybridized carbons (Fsp3) is 0. The summed E-state index contributed by atoms with van der Waals surface area (Å²) in [6, 6.07) is 96.6. The molecule has 0 atom stereocenters. The van der Waals surface area contributed by atoms with E-state index in [-0.39, 0.29) is 0 Å². The fourth-order valence-corrected chi connectivity index (χ4v) is 9.69. The minimum Gasteiger partial charge on any atom is -0.310 e. The molecule has 68 heavy (non-hydrogen) atoms. The van der Waals surface area contributed by atoms with E-state index in [1.165, 1.54) is 65.3 Å². The zero-order chi connectivity index (χ0) is 45.2. The van der Waals surface area contributed by atoms with Gasteiger partial charge in [-0.3, -0.25) is 0 Å². The number of para-hydroxylation sites is 2. The number of hydrogen-bond donors (Lipinski definition) is 0. The second kappa shape index (κ2) is 17.8. The van der Waals surface area contributed by atoms with Crippen molar-refractivity contribution in [2.75, 3.05) is 9.80 Å². The van der Waals surface area contributed by atoms with Crippen LogP contribution in [0, 0.1) is 0 Å². The average molecular weight is 867 g/mol. The highest BCUT2D eigenvalue weighted by Crippen LogP contribution is 2.44. The van der Waals surface area contributed by atoms with Gasteiger partial charge in [0.2, 0.25) is 0 Å².